The minimum absolute atomic E-state index is 0.185. The van der Waals surface area contributed by atoms with Gasteiger partial charge in [-0.25, -0.2) is 0 Å². The normalized spacial score (nSPS) is 58.9. The highest BCUT2D eigenvalue weighted by Gasteiger charge is 3.02. The van der Waals surface area contributed by atoms with Gasteiger partial charge in [-0.05, 0) is 76.0 Å². The van der Waals surface area contributed by atoms with Gasteiger partial charge in [-0.2, -0.15) is 0 Å². The van der Waals surface area contributed by atoms with E-state index >= 15 is 0 Å². The number of hydrogen-bond donors (Lipinski definition) is 0. The Morgan fingerprint density at radius 3 is 2.27 bits per heavy atom. The van der Waals surface area contributed by atoms with Crippen LogP contribution in [0.5, 0.6) is 0 Å². The maximum atomic E-state index is 6.81. The van der Waals surface area contributed by atoms with Gasteiger partial charge in [0.2, 0.25) is 0 Å². The summed E-state index contributed by atoms with van der Waals surface area (Å²) in [4.78, 5) is 0. The molecule has 2 aromatic carbocycles. The molecule has 0 aromatic heterocycles. The molecule has 2 aromatic rings. The fraction of sp³-hybridized carbons (Fsp3) is 0.520. The zero-order chi connectivity index (χ0) is 16.6. The third kappa shape index (κ3) is 0.732. The van der Waals surface area contributed by atoms with E-state index in [4.69, 9.17) is 4.74 Å². The average molecular weight is 338 g/mol. The van der Waals surface area contributed by atoms with E-state index in [0.717, 1.165) is 35.5 Å². The molecule has 8 atom stereocenters. The van der Waals surface area contributed by atoms with Crippen molar-refractivity contribution in [3.8, 4) is 0 Å². The molecule has 8 unspecified atom stereocenters. The third-order valence-electron chi connectivity index (χ3n) is 11.0. The zero-order valence-corrected chi connectivity index (χ0v) is 15.0. The van der Waals surface area contributed by atoms with Crippen molar-refractivity contribution in [1.29, 1.82) is 0 Å². The maximum Gasteiger partial charge on any atom is 0.125 e. The lowest BCUT2D eigenvalue weighted by Gasteiger charge is -2.85. The molecule has 9 aliphatic carbocycles. The topological polar surface area (TPSA) is 9.23 Å². The molecule has 0 saturated heterocycles. The molecule has 9 aliphatic rings. The van der Waals surface area contributed by atoms with Crippen molar-refractivity contribution in [2.45, 2.75) is 24.4 Å². The van der Waals surface area contributed by atoms with E-state index < -0.39 is 0 Å². The van der Waals surface area contributed by atoms with E-state index in [2.05, 4.69) is 48.5 Å². The van der Waals surface area contributed by atoms with Crippen LogP contribution in [0, 0.1) is 46.3 Å². The van der Waals surface area contributed by atoms with Crippen LogP contribution in [0.4, 0.5) is 0 Å². The minimum Gasteiger partial charge on any atom is -0.368 e. The molecule has 0 N–H and O–H groups in total. The number of ether oxygens (including phenoxy) is 1. The Kier molecular flexibility index (Phi) is 1.58. The SMILES string of the molecule is COC12c3ccccc3C(c3ccccc31)C13CC4C5C6CC4C21C6C53. The summed E-state index contributed by atoms with van der Waals surface area (Å²) in [6.07, 6.45) is 3.01. The number of hydrogen-bond acceptors (Lipinski definition) is 1. The summed E-state index contributed by atoms with van der Waals surface area (Å²) in [5.41, 5.74) is 7.00. The quantitative estimate of drug-likeness (QED) is 0.741. The molecule has 6 saturated carbocycles. The van der Waals surface area contributed by atoms with Crippen LogP contribution < -0.4 is 0 Å². The Labute approximate surface area is 153 Å². The predicted octanol–water partition coefficient (Wildman–Crippen LogP) is 4.55. The second kappa shape index (κ2) is 3.22. The van der Waals surface area contributed by atoms with Crippen LogP contribution in [-0.4, -0.2) is 7.11 Å². The Morgan fingerprint density at radius 2 is 1.58 bits per heavy atom. The van der Waals surface area contributed by atoms with Gasteiger partial charge in [-0.1, -0.05) is 48.5 Å². The van der Waals surface area contributed by atoms with Gasteiger partial charge >= 0.3 is 0 Å². The first-order valence-electron chi connectivity index (χ1n) is 10.6. The lowest BCUT2D eigenvalue weighted by atomic mass is 9.19. The molecule has 1 nitrogen and oxygen atoms in total. The highest BCUT2D eigenvalue weighted by molar-refractivity contribution is 5.68. The predicted molar refractivity (Wildman–Crippen MR) is 97.6 cm³/mol. The van der Waals surface area contributed by atoms with Crippen LogP contribution in [0.15, 0.2) is 48.5 Å². The molecule has 11 rings (SSSR count). The molecule has 6 bridgehead atoms. The molecule has 0 radical (unpaired) electrons. The first-order valence-corrected chi connectivity index (χ1v) is 10.6. The summed E-state index contributed by atoms with van der Waals surface area (Å²) < 4.78 is 6.81. The van der Waals surface area contributed by atoms with E-state index in [-0.39, 0.29) is 5.60 Å². The standard InChI is InChI=1S/C25H22O/c1-26-25-16-8-4-2-6-12(16)20(13-7-3-5-9-17(13)25)23-11-15-18-10-14-19(15)22(23)21(14)24(18,23)25/h2-9,14-15,18-22H,10-11H2,1H3. The monoisotopic (exact) mass is 338 g/mol. The van der Waals surface area contributed by atoms with Gasteiger partial charge in [0.1, 0.15) is 5.60 Å². The number of methoxy groups -OCH3 is 1. The van der Waals surface area contributed by atoms with E-state index in [9.17, 15) is 0 Å². The van der Waals surface area contributed by atoms with E-state index in [1.165, 1.54) is 24.0 Å². The van der Waals surface area contributed by atoms with Crippen molar-refractivity contribution < 1.29 is 4.74 Å². The van der Waals surface area contributed by atoms with Crippen LogP contribution in [0.25, 0.3) is 0 Å². The fourth-order valence-electron chi connectivity index (χ4n) is 11.6. The Hall–Kier alpha value is -1.60. The first kappa shape index (κ1) is 12.7. The lowest BCUT2D eigenvalue weighted by molar-refractivity contribution is -0.374. The number of rotatable bonds is 1. The largest absolute Gasteiger partial charge is 0.368 e. The summed E-state index contributed by atoms with van der Waals surface area (Å²) in [6.45, 7) is 0. The van der Waals surface area contributed by atoms with Crippen molar-refractivity contribution in [2.24, 2.45) is 46.3 Å². The van der Waals surface area contributed by atoms with E-state index in [1.807, 2.05) is 7.11 Å². The highest BCUT2D eigenvalue weighted by Crippen LogP contribution is 3.05. The van der Waals surface area contributed by atoms with Gasteiger partial charge in [-0.3, -0.25) is 0 Å². The zero-order valence-electron chi connectivity index (χ0n) is 15.0. The molecule has 1 heteroatoms. The van der Waals surface area contributed by atoms with Gasteiger partial charge < -0.3 is 4.74 Å². The molecule has 0 heterocycles. The molecule has 6 fully saturated rings. The smallest absolute Gasteiger partial charge is 0.125 e. The third-order valence-corrected chi connectivity index (χ3v) is 11.0. The molecule has 26 heavy (non-hydrogen) atoms. The second-order valence-electron chi connectivity index (χ2n) is 10.4. The van der Waals surface area contributed by atoms with Crippen molar-refractivity contribution in [1.82, 2.24) is 0 Å². The molecule has 0 aliphatic heterocycles. The fourth-order valence-corrected chi connectivity index (χ4v) is 11.6. The van der Waals surface area contributed by atoms with Gasteiger partial charge in [-0.15, -0.1) is 0 Å². The minimum atomic E-state index is -0.185. The molecule has 0 amide bonds. The van der Waals surface area contributed by atoms with Gasteiger partial charge in [0, 0.05) is 18.4 Å². The second-order valence-corrected chi connectivity index (χ2v) is 10.4. The maximum absolute atomic E-state index is 6.81. The summed E-state index contributed by atoms with van der Waals surface area (Å²) in [5.74, 6) is 6.66. The van der Waals surface area contributed by atoms with E-state index in [1.54, 1.807) is 11.1 Å². The Morgan fingerprint density at radius 1 is 0.885 bits per heavy atom. The summed E-state index contributed by atoms with van der Waals surface area (Å²) in [5, 5.41) is 0. The van der Waals surface area contributed by atoms with Gasteiger partial charge in [0.25, 0.3) is 0 Å². The lowest BCUT2D eigenvalue weighted by Crippen LogP contribution is -2.84. The van der Waals surface area contributed by atoms with Crippen molar-refractivity contribution in [3.63, 3.8) is 0 Å². The van der Waals surface area contributed by atoms with E-state index in [0.29, 0.717) is 16.7 Å². The Balaban J connectivity index is 1.54. The summed E-state index contributed by atoms with van der Waals surface area (Å²) >= 11 is 0. The van der Waals surface area contributed by atoms with Crippen molar-refractivity contribution in [3.05, 3.63) is 70.8 Å². The molecule has 2 spiro atoms. The molecular formula is C25H22O. The van der Waals surface area contributed by atoms with Crippen LogP contribution in [0.1, 0.15) is 41.0 Å². The van der Waals surface area contributed by atoms with Crippen molar-refractivity contribution in [2.75, 3.05) is 7.11 Å². The number of benzene rings is 2. The van der Waals surface area contributed by atoms with Crippen molar-refractivity contribution >= 4 is 0 Å². The average Bonchev–Trinajstić information content (AvgIpc) is 3.16. The highest BCUT2D eigenvalue weighted by atomic mass is 16.5. The van der Waals surface area contributed by atoms with Crippen LogP contribution in [0.2, 0.25) is 0 Å². The summed E-state index contributed by atoms with van der Waals surface area (Å²) in [7, 11) is 2.02. The molecule has 128 valence electrons. The van der Waals surface area contributed by atoms with Crippen LogP contribution in [-0.2, 0) is 10.3 Å². The van der Waals surface area contributed by atoms with Gasteiger partial charge in [0.05, 0.1) is 0 Å². The Bertz CT molecular complexity index is 1020. The molecular weight excluding hydrogens is 316 g/mol. The van der Waals surface area contributed by atoms with Crippen LogP contribution >= 0.6 is 0 Å². The van der Waals surface area contributed by atoms with Gasteiger partial charge in [0.15, 0.2) is 0 Å². The van der Waals surface area contributed by atoms with Crippen LogP contribution in [0.3, 0.4) is 0 Å². The summed E-state index contributed by atoms with van der Waals surface area (Å²) in [6, 6.07) is 18.7. The first-order chi connectivity index (χ1) is 12.8.